The van der Waals surface area contributed by atoms with Crippen LogP contribution in [-0.4, -0.2) is 32.4 Å². The van der Waals surface area contributed by atoms with Gasteiger partial charge in [0, 0.05) is 22.0 Å². The smallest absolute Gasteiger partial charge is 0.244 e. The van der Waals surface area contributed by atoms with E-state index in [2.05, 4.69) is 31.9 Å². The fourth-order valence-electron chi connectivity index (χ4n) is 2.26. The number of hydrogen-bond donors (Lipinski definition) is 1. The summed E-state index contributed by atoms with van der Waals surface area (Å²) in [4.78, 5) is 0.313. The first-order chi connectivity index (χ1) is 8.95. The third-order valence-electron chi connectivity index (χ3n) is 3.33. The molecule has 1 aromatic carbocycles. The zero-order chi connectivity index (χ0) is 14.0. The van der Waals surface area contributed by atoms with Gasteiger partial charge in [-0.2, -0.15) is 4.31 Å². The van der Waals surface area contributed by atoms with Crippen LogP contribution in [0.5, 0.6) is 0 Å². The Bertz CT molecular complexity index is 563. The number of nitrogens with two attached hydrogens (primary N) is 1. The summed E-state index contributed by atoms with van der Waals surface area (Å²) in [5.41, 5.74) is 5.66. The monoisotopic (exact) mass is 410 g/mol. The summed E-state index contributed by atoms with van der Waals surface area (Å²) in [5.74, 6) is 0.262. The average molecular weight is 412 g/mol. The van der Waals surface area contributed by atoms with E-state index in [1.54, 1.807) is 22.5 Å². The van der Waals surface area contributed by atoms with Gasteiger partial charge in [-0.1, -0.05) is 15.9 Å². The van der Waals surface area contributed by atoms with Crippen LogP contribution in [0.25, 0.3) is 0 Å². The van der Waals surface area contributed by atoms with Crippen molar-refractivity contribution in [2.24, 2.45) is 11.7 Å². The maximum atomic E-state index is 12.6. The number of nitrogens with zero attached hydrogens (tertiary/aromatic N) is 1. The lowest BCUT2D eigenvalue weighted by atomic mass is 10.0. The second kappa shape index (κ2) is 6.22. The van der Waals surface area contributed by atoms with Crippen LogP contribution in [0.15, 0.2) is 32.0 Å². The molecule has 0 spiro atoms. The molecule has 0 saturated carbocycles. The molecule has 2 N–H and O–H groups in total. The van der Waals surface area contributed by atoms with E-state index in [1.165, 1.54) is 0 Å². The van der Waals surface area contributed by atoms with E-state index in [0.717, 1.165) is 17.3 Å². The largest absolute Gasteiger partial charge is 0.330 e. The Morgan fingerprint density at radius 2 is 2.11 bits per heavy atom. The van der Waals surface area contributed by atoms with Gasteiger partial charge in [0.05, 0.1) is 4.90 Å². The summed E-state index contributed by atoms with van der Waals surface area (Å²) in [7, 11) is -3.44. The van der Waals surface area contributed by atoms with Crippen molar-refractivity contribution in [3.63, 3.8) is 0 Å². The molecule has 1 aliphatic heterocycles. The van der Waals surface area contributed by atoms with E-state index in [1.807, 2.05) is 0 Å². The highest BCUT2D eigenvalue weighted by atomic mass is 79.9. The highest BCUT2D eigenvalue weighted by Gasteiger charge is 2.30. The van der Waals surface area contributed by atoms with Crippen LogP contribution in [0.4, 0.5) is 0 Å². The molecule has 1 saturated heterocycles. The number of piperidine rings is 1. The van der Waals surface area contributed by atoms with Gasteiger partial charge in [-0.05, 0) is 59.4 Å². The third-order valence-corrected chi connectivity index (χ3v) is 6.66. The van der Waals surface area contributed by atoms with Gasteiger partial charge in [-0.3, -0.25) is 0 Å². The summed E-state index contributed by atoms with van der Waals surface area (Å²) >= 11 is 6.65. The Balaban J connectivity index is 2.31. The van der Waals surface area contributed by atoms with Crippen molar-refractivity contribution < 1.29 is 8.42 Å². The zero-order valence-corrected chi connectivity index (χ0v) is 14.3. The Labute approximate surface area is 130 Å². The van der Waals surface area contributed by atoms with Gasteiger partial charge >= 0.3 is 0 Å². The first-order valence-corrected chi connectivity index (χ1v) is 9.13. The summed E-state index contributed by atoms with van der Waals surface area (Å²) in [6.07, 6.45) is 1.87. The van der Waals surface area contributed by atoms with Crippen LogP contribution in [0, 0.1) is 5.92 Å². The first-order valence-electron chi connectivity index (χ1n) is 6.10. The SMILES string of the molecule is NCC1CCCN(S(=O)(=O)c2ccc(Br)cc2Br)C1. The number of rotatable bonds is 3. The molecule has 0 amide bonds. The number of halogens is 2. The molecule has 0 aliphatic carbocycles. The van der Waals surface area contributed by atoms with Crippen LogP contribution in [-0.2, 0) is 10.0 Å². The maximum Gasteiger partial charge on any atom is 0.244 e. The van der Waals surface area contributed by atoms with Crippen molar-refractivity contribution in [2.45, 2.75) is 17.7 Å². The van der Waals surface area contributed by atoms with E-state index >= 15 is 0 Å². The van der Waals surface area contributed by atoms with E-state index in [0.29, 0.717) is 29.0 Å². The fraction of sp³-hybridized carbons (Fsp3) is 0.500. The minimum Gasteiger partial charge on any atom is -0.330 e. The van der Waals surface area contributed by atoms with Crippen LogP contribution >= 0.6 is 31.9 Å². The molecule has 0 bridgehead atoms. The third kappa shape index (κ3) is 3.39. The van der Waals surface area contributed by atoms with Gasteiger partial charge in [-0.25, -0.2) is 8.42 Å². The van der Waals surface area contributed by atoms with Crippen LogP contribution in [0.1, 0.15) is 12.8 Å². The van der Waals surface area contributed by atoms with Gasteiger partial charge in [-0.15, -0.1) is 0 Å². The normalized spacial score (nSPS) is 21.5. The summed E-state index contributed by atoms with van der Waals surface area (Å²) in [5, 5.41) is 0. The predicted molar refractivity (Wildman–Crippen MR) is 82.4 cm³/mol. The molecule has 1 aliphatic rings. The van der Waals surface area contributed by atoms with E-state index in [4.69, 9.17) is 5.73 Å². The lowest BCUT2D eigenvalue weighted by Crippen LogP contribution is -2.42. The molecule has 7 heteroatoms. The molecule has 0 aromatic heterocycles. The van der Waals surface area contributed by atoms with Gasteiger partial charge in [0.2, 0.25) is 10.0 Å². The van der Waals surface area contributed by atoms with Crippen LogP contribution in [0.3, 0.4) is 0 Å². The lowest BCUT2D eigenvalue weighted by Gasteiger charge is -2.31. The van der Waals surface area contributed by atoms with Crippen LogP contribution in [0.2, 0.25) is 0 Å². The fourth-order valence-corrected chi connectivity index (χ4v) is 5.52. The molecule has 1 heterocycles. The van der Waals surface area contributed by atoms with Gasteiger partial charge in [0.1, 0.15) is 0 Å². The first kappa shape index (κ1) is 15.4. The van der Waals surface area contributed by atoms with Crippen molar-refractivity contribution >= 4 is 41.9 Å². The lowest BCUT2D eigenvalue weighted by molar-refractivity contribution is 0.271. The summed E-state index contributed by atoms with van der Waals surface area (Å²) < 4.78 is 28.2. The zero-order valence-electron chi connectivity index (χ0n) is 10.4. The second-order valence-electron chi connectivity index (χ2n) is 4.68. The minimum absolute atomic E-state index is 0.262. The molecule has 1 fully saturated rings. The molecule has 1 unspecified atom stereocenters. The van der Waals surface area contributed by atoms with Gasteiger partial charge < -0.3 is 5.73 Å². The molecular formula is C12H16Br2N2O2S. The molecule has 1 aromatic rings. The molecular weight excluding hydrogens is 396 g/mol. The minimum atomic E-state index is -3.44. The predicted octanol–water partition coefficient (Wildman–Crippen LogP) is 2.57. The van der Waals surface area contributed by atoms with Crippen molar-refractivity contribution in [1.82, 2.24) is 4.31 Å². The van der Waals surface area contributed by atoms with Crippen molar-refractivity contribution in [2.75, 3.05) is 19.6 Å². The molecule has 1 atom stereocenters. The Morgan fingerprint density at radius 1 is 1.37 bits per heavy atom. The van der Waals surface area contributed by atoms with E-state index in [-0.39, 0.29) is 5.92 Å². The second-order valence-corrected chi connectivity index (χ2v) is 8.36. The summed E-state index contributed by atoms with van der Waals surface area (Å²) in [6, 6.07) is 5.11. The average Bonchev–Trinajstić information content (AvgIpc) is 2.38. The van der Waals surface area contributed by atoms with E-state index in [9.17, 15) is 8.42 Å². The highest BCUT2D eigenvalue weighted by Crippen LogP contribution is 2.30. The number of sulfonamides is 1. The quantitative estimate of drug-likeness (QED) is 0.831. The van der Waals surface area contributed by atoms with Crippen molar-refractivity contribution in [1.29, 1.82) is 0 Å². The van der Waals surface area contributed by atoms with Crippen molar-refractivity contribution in [3.8, 4) is 0 Å². The Hall–Kier alpha value is 0.0500. The van der Waals surface area contributed by atoms with E-state index < -0.39 is 10.0 Å². The number of hydrogen-bond acceptors (Lipinski definition) is 3. The topological polar surface area (TPSA) is 63.4 Å². The Morgan fingerprint density at radius 3 is 2.74 bits per heavy atom. The summed E-state index contributed by atoms with van der Waals surface area (Å²) in [6.45, 7) is 1.62. The molecule has 106 valence electrons. The van der Waals surface area contributed by atoms with Gasteiger partial charge in [0.25, 0.3) is 0 Å². The molecule has 2 rings (SSSR count). The Kier molecular flexibility index (Phi) is 5.05. The maximum absolute atomic E-state index is 12.6. The van der Waals surface area contributed by atoms with Crippen molar-refractivity contribution in [3.05, 3.63) is 27.1 Å². The molecule has 0 radical (unpaired) electrons. The van der Waals surface area contributed by atoms with Gasteiger partial charge in [0.15, 0.2) is 0 Å². The van der Waals surface area contributed by atoms with Crippen LogP contribution < -0.4 is 5.73 Å². The highest BCUT2D eigenvalue weighted by molar-refractivity contribution is 9.11. The standard InChI is InChI=1S/C12H16Br2N2O2S/c13-10-3-4-12(11(14)6-10)19(17,18)16-5-1-2-9(7-15)8-16/h3-4,6,9H,1-2,5,7-8,15H2. The molecule has 19 heavy (non-hydrogen) atoms. The molecule has 4 nitrogen and oxygen atoms in total. The number of benzene rings is 1.